The number of aldehydes is 1. The lowest BCUT2D eigenvalue weighted by molar-refractivity contribution is 0.112. The smallest absolute Gasteiger partial charge is 0.152 e. The number of aromatic nitrogens is 1. The molecule has 20 heavy (non-hydrogen) atoms. The van der Waals surface area contributed by atoms with E-state index < -0.39 is 0 Å². The first kappa shape index (κ1) is 12.6. The highest BCUT2D eigenvalue weighted by atomic mass is 19.1. The van der Waals surface area contributed by atoms with E-state index in [1.807, 2.05) is 38.1 Å². The van der Waals surface area contributed by atoms with Gasteiger partial charge in [-0.05, 0) is 37.1 Å². The van der Waals surface area contributed by atoms with Crippen molar-refractivity contribution in [3.63, 3.8) is 0 Å². The van der Waals surface area contributed by atoms with Crippen LogP contribution in [0.25, 0.3) is 22.2 Å². The molecule has 0 amide bonds. The van der Waals surface area contributed by atoms with Gasteiger partial charge in [0.05, 0.1) is 16.8 Å². The van der Waals surface area contributed by atoms with Gasteiger partial charge in [-0.1, -0.05) is 29.8 Å². The number of hydrogen-bond donors (Lipinski definition) is 1. The monoisotopic (exact) mass is 267 g/mol. The van der Waals surface area contributed by atoms with Gasteiger partial charge in [0, 0.05) is 5.39 Å². The number of halogens is 1. The van der Waals surface area contributed by atoms with Crippen LogP contribution in [0, 0.1) is 19.7 Å². The van der Waals surface area contributed by atoms with Crippen LogP contribution in [0.1, 0.15) is 21.5 Å². The van der Waals surface area contributed by atoms with Crippen molar-refractivity contribution >= 4 is 17.2 Å². The van der Waals surface area contributed by atoms with E-state index in [-0.39, 0.29) is 5.82 Å². The average molecular weight is 267 g/mol. The predicted octanol–water partition coefficient (Wildman–Crippen LogP) is 4.40. The lowest BCUT2D eigenvalue weighted by Crippen LogP contribution is -1.86. The van der Waals surface area contributed by atoms with E-state index in [1.54, 1.807) is 6.07 Å². The zero-order valence-corrected chi connectivity index (χ0v) is 11.3. The van der Waals surface area contributed by atoms with Crippen molar-refractivity contribution in [2.45, 2.75) is 13.8 Å². The van der Waals surface area contributed by atoms with Gasteiger partial charge in [-0.3, -0.25) is 4.79 Å². The Bertz CT molecular complexity index is 817. The Balaban J connectivity index is 2.40. The van der Waals surface area contributed by atoms with E-state index >= 15 is 0 Å². The molecule has 0 saturated carbocycles. The van der Waals surface area contributed by atoms with Crippen molar-refractivity contribution in [3.8, 4) is 11.3 Å². The van der Waals surface area contributed by atoms with Crippen LogP contribution < -0.4 is 0 Å². The number of H-pyrrole nitrogens is 1. The third-order valence-corrected chi connectivity index (χ3v) is 3.58. The van der Waals surface area contributed by atoms with Crippen molar-refractivity contribution in [2.75, 3.05) is 0 Å². The van der Waals surface area contributed by atoms with Gasteiger partial charge in [0.1, 0.15) is 5.82 Å². The first-order chi connectivity index (χ1) is 9.61. The summed E-state index contributed by atoms with van der Waals surface area (Å²) >= 11 is 0. The third-order valence-electron chi connectivity index (χ3n) is 3.58. The third kappa shape index (κ3) is 1.83. The van der Waals surface area contributed by atoms with Gasteiger partial charge in [0.15, 0.2) is 6.29 Å². The van der Waals surface area contributed by atoms with Crippen LogP contribution in [0.15, 0.2) is 36.4 Å². The van der Waals surface area contributed by atoms with Crippen molar-refractivity contribution in [3.05, 3.63) is 58.9 Å². The SMILES string of the molecule is Cc1cccc(-c2[nH]c3c(C)ccc(F)c3c2C=O)c1. The van der Waals surface area contributed by atoms with Crippen molar-refractivity contribution < 1.29 is 9.18 Å². The fraction of sp³-hybridized carbons (Fsp3) is 0.118. The zero-order chi connectivity index (χ0) is 14.3. The number of carbonyl (C=O) groups is 1. The maximum absolute atomic E-state index is 14.0. The second-order valence-corrected chi connectivity index (χ2v) is 5.02. The molecule has 0 unspecified atom stereocenters. The lowest BCUT2D eigenvalue weighted by atomic mass is 10.0. The number of rotatable bonds is 2. The van der Waals surface area contributed by atoms with Gasteiger partial charge in [-0.25, -0.2) is 4.39 Å². The summed E-state index contributed by atoms with van der Waals surface area (Å²) in [6.45, 7) is 3.88. The highest BCUT2D eigenvalue weighted by Gasteiger charge is 2.17. The highest BCUT2D eigenvalue weighted by Crippen LogP contribution is 2.32. The standard InChI is InChI=1S/C17H14FNO/c1-10-4-3-5-12(8-10)17-13(9-20)15-14(18)7-6-11(2)16(15)19-17/h3-9,19H,1-2H3. The molecule has 0 aliphatic carbocycles. The van der Waals surface area contributed by atoms with E-state index in [2.05, 4.69) is 4.98 Å². The largest absolute Gasteiger partial charge is 0.354 e. The molecule has 0 fully saturated rings. The Hall–Kier alpha value is -2.42. The molecule has 0 spiro atoms. The number of aromatic amines is 1. The normalized spacial score (nSPS) is 10.9. The number of hydrogen-bond acceptors (Lipinski definition) is 1. The van der Waals surface area contributed by atoms with E-state index in [4.69, 9.17) is 0 Å². The van der Waals surface area contributed by atoms with Crippen molar-refractivity contribution in [1.82, 2.24) is 4.98 Å². The molecule has 0 radical (unpaired) electrons. The second kappa shape index (κ2) is 4.60. The van der Waals surface area contributed by atoms with Gasteiger partial charge in [0.2, 0.25) is 0 Å². The topological polar surface area (TPSA) is 32.9 Å². The first-order valence-corrected chi connectivity index (χ1v) is 6.45. The molecule has 0 aliphatic heterocycles. The summed E-state index contributed by atoms with van der Waals surface area (Å²) in [5.41, 5.74) is 4.64. The van der Waals surface area contributed by atoms with Crippen LogP contribution in [0.3, 0.4) is 0 Å². The summed E-state index contributed by atoms with van der Waals surface area (Å²) < 4.78 is 14.0. The molecule has 0 aliphatic rings. The maximum atomic E-state index is 14.0. The number of carbonyl (C=O) groups excluding carboxylic acids is 1. The second-order valence-electron chi connectivity index (χ2n) is 5.02. The fourth-order valence-corrected chi connectivity index (χ4v) is 2.57. The van der Waals surface area contributed by atoms with Crippen LogP contribution in [0.4, 0.5) is 4.39 Å². The minimum absolute atomic E-state index is 0.372. The van der Waals surface area contributed by atoms with E-state index in [9.17, 15) is 9.18 Å². The minimum atomic E-state index is -0.372. The molecule has 2 nitrogen and oxygen atoms in total. The molecule has 2 aromatic carbocycles. The van der Waals surface area contributed by atoms with Gasteiger partial charge in [-0.15, -0.1) is 0 Å². The zero-order valence-electron chi connectivity index (χ0n) is 11.3. The predicted molar refractivity (Wildman–Crippen MR) is 78.6 cm³/mol. The quantitative estimate of drug-likeness (QED) is 0.686. The van der Waals surface area contributed by atoms with E-state index in [0.29, 0.717) is 22.2 Å². The number of aryl methyl sites for hydroxylation is 2. The number of benzene rings is 2. The molecular weight excluding hydrogens is 253 g/mol. The van der Waals surface area contributed by atoms with E-state index in [1.165, 1.54) is 6.07 Å². The number of nitrogens with one attached hydrogen (secondary N) is 1. The summed E-state index contributed by atoms with van der Waals surface area (Å²) in [5, 5.41) is 0.372. The van der Waals surface area contributed by atoms with Gasteiger partial charge in [0.25, 0.3) is 0 Å². The van der Waals surface area contributed by atoms with Crippen LogP contribution in [-0.4, -0.2) is 11.3 Å². The Kier molecular flexibility index (Phi) is 2.90. The van der Waals surface area contributed by atoms with Gasteiger partial charge in [-0.2, -0.15) is 0 Å². The molecule has 100 valence electrons. The van der Waals surface area contributed by atoms with Crippen LogP contribution in [-0.2, 0) is 0 Å². The molecule has 0 bridgehead atoms. The minimum Gasteiger partial charge on any atom is -0.354 e. The molecule has 0 saturated heterocycles. The Morgan fingerprint density at radius 3 is 2.65 bits per heavy atom. The van der Waals surface area contributed by atoms with Crippen LogP contribution in [0.5, 0.6) is 0 Å². The van der Waals surface area contributed by atoms with Gasteiger partial charge >= 0.3 is 0 Å². The fourth-order valence-electron chi connectivity index (χ4n) is 2.57. The Morgan fingerprint density at radius 2 is 1.95 bits per heavy atom. The summed E-state index contributed by atoms with van der Waals surface area (Å²) in [4.78, 5) is 14.6. The Morgan fingerprint density at radius 1 is 1.15 bits per heavy atom. The summed E-state index contributed by atoms with van der Waals surface area (Å²) in [7, 11) is 0. The molecule has 3 aromatic rings. The molecule has 3 heteroatoms. The molecule has 1 heterocycles. The van der Waals surface area contributed by atoms with Crippen LogP contribution in [0.2, 0.25) is 0 Å². The van der Waals surface area contributed by atoms with E-state index in [0.717, 1.165) is 23.0 Å². The molecular formula is C17H14FNO. The summed E-state index contributed by atoms with van der Waals surface area (Å²) in [6.07, 6.45) is 0.721. The van der Waals surface area contributed by atoms with Crippen molar-refractivity contribution in [1.29, 1.82) is 0 Å². The molecule has 1 N–H and O–H groups in total. The molecule has 1 aromatic heterocycles. The Labute approximate surface area is 116 Å². The number of fused-ring (bicyclic) bond motifs is 1. The van der Waals surface area contributed by atoms with Gasteiger partial charge < -0.3 is 4.98 Å². The lowest BCUT2D eigenvalue weighted by Gasteiger charge is -2.01. The van der Waals surface area contributed by atoms with Crippen LogP contribution >= 0.6 is 0 Å². The molecule has 3 rings (SSSR count). The first-order valence-electron chi connectivity index (χ1n) is 6.45. The average Bonchev–Trinajstić information content (AvgIpc) is 2.83. The van der Waals surface area contributed by atoms with Crippen molar-refractivity contribution in [2.24, 2.45) is 0 Å². The summed E-state index contributed by atoms with van der Waals surface area (Å²) in [5.74, 6) is -0.372. The highest BCUT2D eigenvalue weighted by molar-refractivity contribution is 6.05. The summed E-state index contributed by atoms with van der Waals surface area (Å²) in [6, 6.07) is 10.9. The molecule has 0 atom stereocenters. The maximum Gasteiger partial charge on any atom is 0.152 e.